The van der Waals surface area contributed by atoms with Gasteiger partial charge in [0.05, 0.1) is 13.2 Å². The first-order valence-corrected chi connectivity index (χ1v) is 5.19. The number of fused-ring (bicyclic) bond motifs is 1. The van der Waals surface area contributed by atoms with Gasteiger partial charge in [0, 0.05) is 12.0 Å². The van der Waals surface area contributed by atoms with E-state index in [9.17, 15) is 0 Å². The summed E-state index contributed by atoms with van der Waals surface area (Å²) >= 11 is 0. The van der Waals surface area contributed by atoms with Crippen molar-refractivity contribution in [1.82, 2.24) is 4.98 Å². The van der Waals surface area contributed by atoms with Gasteiger partial charge in [-0.25, -0.2) is 4.57 Å². The Morgan fingerprint density at radius 2 is 1.92 bits per heavy atom. The third-order valence-electron chi connectivity index (χ3n) is 2.74. The number of hydrogen-bond acceptors (Lipinski definition) is 1. The Morgan fingerprint density at radius 3 is 2.77 bits per heavy atom. The third-order valence-corrected chi connectivity index (χ3v) is 2.74. The Kier molecular flexibility index (Phi) is 2.57. The van der Waals surface area contributed by atoms with Crippen LogP contribution in [0.4, 0.5) is 0 Å². The average molecular weight is 177 g/mol. The molecule has 13 heavy (non-hydrogen) atoms. The zero-order valence-corrected chi connectivity index (χ0v) is 8.29. The van der Waals surface area contributed by atoms with Crippen molar-refractivity contribution in [3.05, 3.63) is 23.8 Å². The molecule has 0 atom stereocenters. The zero-order valence-electron chi connectivity index (χ0n) is 8.29. The Morgan fingerprint density at radius 1 is 1.15 bits per heavy atom. The van der Waals surface area contributed by atoms with Crippen molar-refractivity contribution in [2.75, 3.05) is 0 Å². The van der Waals surface area contributed by atoms with Crippen LogP contribution in [0, 0.1) is 0 Å². The third kappa shape index (κ3) is 2.06. The maximum absolute atomic E-state index is 4.48. The SMILES string of the molecule is C[n+]1cnc2c(c1)CCCCCC2. The van der Waals surface area contributed by atoms with Crippen LogP contribution < -0.4 is 4.57 Å². The highest BCUT2D eigenvalue weighted by Crippen LogP contribution is 2.16. The maximum atomic E-state index is 4.48. The Balaban J connectivity index is 2.28. The van der Waals surface area contributed by atoms with Gasteiger partial charge in [0.15, 0.2) is 5.69 Å². The lowest BCUT2D eigenvalue weighted by atomic mass is 9.98. The van der Waals surface area contributed by atoms with Crippen LogP contribution in [0.2, 0.25) is 0 Å². The predicted molar refractivity (Wildman–Crippen MR) is 51.3 cm³/mol. The van der Waals surface area contributed by atoms with Crippen LogP contribution in [-0.2, 0) is 19.9 Å². The first kappa shape index (κ1) is 8.67. The Bertz CT molecular complexity index is 294. The fourth-order valence-electron chi connectivity index (χ4n) is 1.99. The van der Waals surface area contributed by atoms with E-state index in [2.05, 4.69) is 15.7 Å². The molecule has 0 bridgehead atoms. The molecule has 1 aromatic rings. The van der Waals surface area contributed by atoms with Crippen LogP contribution in [0.15, 0.2) is 12.5 Å². The molecule has 0 saturated carbocycles. The van der Waals surface area contributed by atoms with E-state index in [1.54, 1.807) is 0 Å². The standard InChI is InChI=1S/C11H17N2/c1-13-8-10-6-4-2-3-5-7-11(10)12-9-13/h8-9H,2-7H2,1H3/q+1. The number of nitrogens with zero attached hydrogens (tertiary/aromatic N) is 2. The lowest BCUT2D eigenvalue weighted by molar-refractivity contribution is -0.675. The van der Waals surface area contributed by atoms with Crippen LogP contribution in [0.1, 0.15) is 36.9 Å². The first-order chi connectivity index (χ1) is 6.36. The molecule has 2 heteroatoms. The van der Waals surface area contributed by atoms with E-state index in [0.29, 0.717) is 0 Å². The molecule has 2 rings (SSSR count). The van der Waals surface area contributed by atoms with Gasteiger partial charge in [0.1, 0.15) is 0 Å². The van der Waals surface area contributed by atoms with Gasteiger partial charge < -0.3 is 0 Å². The molecule has 70 valence electrons. The van der Waals surface area contributed by atoms with Gasteiger partial charge in [-0.1, -0.05) is 17.8 Å². The van der Waals surface area contributed by atoms with Crippen molar-refractivity contribution in [3.8, 4) is 0 Å². The molecular formula is C11H17N2+. The van der Waals surface area contributed by atoms with Crippen molar-refractivity contribution in [2.24, 2.45) is 7.05 Å². The molecule has 0 aromatic carbocycles. The van der Waals surface area contributed by atoms with Gasteiger partial charge in [-0.15, -0.1) is 0 Å². The van der Waals surface area contributed by atoms with E-state index < -0.39 is 0 Å². The van der Waals surface area contributed by atoms with Crippen LogP contribution in [0.5, 0.6) is 0 Å². The van der Waals surface area contributed by atoms with Crippen molar-refractivity contribution in [3.63, 3.8) is 0 Å². The van der Waals surface area contributed by atoms with E-state index in [4.69, 9.17) is 0 Å². The van der Waals surface area contributed by atoms with E-state index in [-0.39, 0.29) is 0 Å². The molecule has 0 fully saturated rings. The van der Waals surface area contributed by atoms with E-state index in [1.165, 1.54) is 49.8 Å². The van der Waals surface area contributed by atoms with Gasteiger partial charge in [-0.3, -0.25) is 0 Å². The summed E-state index contributed by atoms with van der Waals surface area (Å²) in [6.07, 6.45) is 12.0. The number of aromatic nitrogens is 2. The van der Waals surface area contributed by atoms with E-state index >= 15 is 0 Å². The fourth-order valence-corrected chi connectivity index (χ4v) is 1.99. The number of rotatable bonds is 0. The highest BCUT2D eigenvalue weighted by Gasteiger charge is 2.12. The maximum Gasteiger partial charge on any atom is 0.286 e. The van der Waals surface area contributed by atoms with Crippen LogP contribution in [0.3, 0.4) is 0 Å². The summed E-state index contributed by atoms with van der Waals surface area (Å²) in [6.45, 7) is 0. The molecule has 1 aliphatic rings. The minimum absolute atomic E-state index is 1.18. The summed E-state index contributed by atoms with van der Waals surface area (Å²) < 4.78 is 2.06. The van der Waals surface area contributed by atoms with Gasteiger partial charge in [-0.05, 0) is 19.3 Å². The largest absolute Gasteiger partial charge is 0.286 e. The second-order valence-corrected chi connectivity index (χ2v) is 3.93. The lowest BCUT2D eigenvalue weighted by Crippen LogP contribution is -2.29. The summed E-state index contributed by atoms with van der Waals surface area (Å²) in [4.78, 5) is 4.48. The molecule has 1 aromatic heterocycles. The predicted octanol–water partition coefficient (Wildman–Crippen LogP) is 1.57. The molecule has 1 aliphatic carbocycles. The molecular weight excluding hydrogens is 160 g/mol. The average Bonchev–Trinajstić information content (AvgIpc) is 2.08. The van der Waals surface area contributed by atoms with Gasteiger partial charge in [0.2, 0.25) is 0 Å². The minimum Gasteiger partial charge on any atom is -0.240 e. The first-order valence-electron chi connectivity index (χ1n) is 5.19. The highest BCUT2D eigenvalue weighted by atomic mass is 15.0. The van der Waals surface area contributed by atoms with Crippen LogP contribution >= 0.6 is 0 Å². The molecule has 0 N–H and O–H groups in total. The second-order valence-electron chi connectivity index (χ2n) is 3.93. The molecule has 2 nitrogen and oxygen atoms in total. The van der Waals surface area contributed by atoms with Crippen molar-refractivity contribution < 1.29 is 4.57 Å². The summed E-state index contributed by atoms with van der Waals surface area (Å²) in [5.41, 5.74) is 2.79. The molecule has 1 heterocycles. The monoisotopic (exact) mass is 177 g/mol. The molecule has 0 unspecified atom stereocenters. The van der Waals surface area contributed by atoms with Gasteiger partial charge in [-0.2, -0.15) is 0 Å². The van der Waals surface area contributed by atoms with Gasteiger partial charge >= 0.3 is 0 Å². The summed E-state index contributed by atoms with van der Waals surface area (Å²) in [5.74, 6) is 0. The fraction of sp³-hybridized carbons (Fsp3) is 0.636. The lowest BCUT2D eigenvalue weighted by Gasteiger charge is -2.08. The number of aryl methyl sites for hydroxylation is 3. The molecule has 0 spiro atoms. The van der Waals surface area contributed by atoms with E-state index in [0.717, 1.165) is 0 Å². The Hall–Kier alpha value is -0.920. The summed E-state index contributed by atoms with van der Waals surface area (Å²) in [5, 5.41) is 0. The van der Waals surface area contributed by atoms with Crippen molar-refractivity contribution in [2.45, 2.75) is 38.5 Å². The van der Waals surface area contributed by atoms with Crippen LogP contribution in [0.25, 0.3) is 0 Å². The molecule has 0 aliphatic heterocycles. The summed E-state index contributed by atoms with van der Waals surface area (Å²) in [7, 11) is 2.05. The second kappa shape index (κ2) is 3.86. The van der Waals surface area contributed by atoms with E-state index in [1.807, 2.05) is 13.4 Å². The highest BCUT2D eigenvalue weighted by molar-refractivity contribution is 5.14. The van der Waals surface area contributed by atoms with Gasteiger partial charge in [0.25, 0.3) is 6.33 Å². The quantitative estimate of drug-likeness (QED) is 0.550. The topological polar surface area (TPSA) is 16.8 Å². The molecule has 0 radical (unpaired) electrons. The molecule has 0 saturated heterocycles. The van der Waals surface area contributed by atoms with Crippen LogP contribution in [-0.4, -0.2) is 4.98 Å². The molecule has 0 amide bonds. The van der Waals surface area contributed by atoms with Crippen molar-refractivity contribution in [1.29, 1.82) is 0 Å². The van der Waals surface area contributed by atoms with Crippen molar-refractivity contribution >= 4 is 0 Å². The minimum atomic E-state index is 1.18. The smallest absolute Gasteiger partial charge is 0.240 e. The zero-order chi connectivity index (χ0) is 9.10. The number of hydrogen-bond donors (Lipinski definition) is 0. The summed E-state index contributed by atoms with van der Waals surface area (Å²) in [6, 6.07) is 0. The normalized spacial score (nSPS) is 17.3. The Labute approximate surface area is 79.6 Å².